The second-order valence-corrected chi connectivity index (χ2v) is 4.80. The van der Waals surface area contributed by atoms with Gasteiger partial charge in [-0.15, -0.1) is 0 Å². The average Bonchev–Trinajstić information content (AvgIpc) is 2.43. The van der Waals surface area contributed by atoms with Gasteiger partial charge in [-0.25, -0.2) is 0 Å². The lowest BCUT2D eigenvalue weighted by Gasteiger charge is -2.25. The van der Waals surface area contributed by atoms with Crippen molar-refractivity contribution < 1.29 is 19.1 Å². The number of fused-ring (bicyclic) bond motifs is 1. The summed E-state index contributed by atoms with van der Waals surface area (Å²) >= 11 is 0. The van der Waals surface area contributed by atoms with Crippen LogP contribution in [0.15, 0.2) is 24.3 Å². The minimum absolute atomic E-state index is 0.0422. The van der Waals surface area contributed by atoms with Crippen molar-refractivity contribution in [3.05, 3.63) is 24.3 Å². The van der Waals surface area contributed by atoms with Crippen molar-refractivity contribution >= 4 is 11.8 Å². The van der Waals surface area contributed by atoms with Gasteiger partial charge in [0.2, 0.25) is 12.0 Å². The molecule has 20 heavy (non-hydrogen) atoms. The third-order valence-electron chi connectivity index (χ3n) is 2.67. The van der Waals surface area contributed by atoms with Crippen molar-refractivity contribution in [2.45, 2.75) is 26.0 Å². The van der Waals surface area contributed by atoms with E-state index in [1.165, 1.54) is 0 Å². The molecule has 0 fully saturated rings. The number of amides is 2. The van der Waals surface area contributed by atoms with Crippen molar-refractivity contribution in [2.24, 2.45) is 0 Å². The molecule has 0 spiro atoms. The topological polar surface area (TPSA) is 76.7 Å². The second-order valence-electron chi connectivity index (χ2n) is 4.80. The maximum absolute atomic E-state index is 11.9. The highest BCUT2D eigenvalue weighted by atomic mass is 16.6. The Bertz CT molecular complexity index is 502. The van der Waals surface area contributed by atoms with Crippen LogP contribution in [0.4, 0.5) is 0 Å². The van der Waals surface area contributed by atoms with Gasteiger partial charge in [0, 0.05) is 6.04 Å². The molecule has 6 heteroatoms. The van der Waals surface area contributed by atoms with Gasteiger partial charge in [-0.2, -0.15) is 0 Å². The molecule has 0 aromatic heterocycles. The van der Waals surface area contributed by atoms with E-state index < -0.39 is 6.10 Å². The van der Waals surface area contributed by atoms with E-state index >= 15 is 0 Å². The minimum Gasteiger partial charge on any atom is -0.485 e. The van der Waals surface area contributed by atoms with Crippen molar-refractivity contribution in [3.8, 4) is 11.5 Å². The predicted octanol–water partition coefficient (Wildman–Crippen LogP) is 0.467. The molecule has 1 aromatic rings. The lowest BCUT2D eigenvalue weighted by Crippen LogP contribution is -2.47. The monoisotopic (exact) mass is 278 g/mol. The summed E-state index contributed by atoms with van der Waals surface area (Å²) < 4.78 is 11.0. The summed E-state index contributed by atoms with van der Waals surface area (Å²) in [5, 5.41) is 5.22. The van der Waals surface area contributed by atoms with Crippen molar-refractivity contribution in [1.82, 2.24) is 10.6 Å². The van der Waals surface area contributed by atoms with Crippen molar-refractivity contribution in [3.63, 3.8) is 0 Å². The van der Waals surface area contributed by atoms with E-state index in [1.807, 2.05) is 19.9 Å². The zero-order valence-electron chi connectivity index (χ0n) is 11.5. The molecule has 0 bridgehead atoms. The number of benzene rings is 1. The molecule has 1 aliphatic rings. The predicted molar refractivity (Wildman–Crippen MR) is 72.6 cm³/mol. The minimum atomic E-state index is -0.739. The Morgan fingerprint density at radius 2 is 2.00 bits per heavy atom. The molecule has 1 aliphatic heterocycles. The molecule has 1 unspecified atom stereocenters. The largest absolute Gasteiger partial charge is 0.485 e. The van der Waals surface area contributed by atoms with Crippen LogP contribution in [0.25, 0.3) is 0 Å². The number of carbonyl (C=O) groups is 2. The fourth-order valence-electron chi connectivity index (χ4n) is 1.80. The van der Waals surface area contributed by atoms with E-state index in [2.05, 4.69) is 10.6 Å². The molecule has 108 valence electrons. The summed E-state index contributed by atoms with van der Waals surface area (Å²) in [6.07, 6.45) is -0.739. The molecule has 6 nitrogen and oxygen atoms in total. The Labute approximate surface area is 117 Å². The highest BCUT2D eigenvalue weighted by molar-refractivity contribution is 5.87. The summed E-state index contributed by atoms with van der Waals surface area (Å²) in [5.41, 5.74) is 0. The molecular formula is C14H18N2O4. The summed E-state index contributed by atoms with van der Waals surface area (Å²) in [5.74, 6) is 0.559. The van der Waals surface area contributed by atoms with Gasteiger partial charge in [0.15, 0.2) is 11.5 Å². The first-order valence-electron chi connectivity index (χ1n) is 6.52. The first-order valence-corrected chi connectivity index (χ1v) is 6.52. The van der Waals surface area contributed by atoms with Crippen LogP contribution < -0.4 is 20.1 Å². The number of hydrogen-bond acceptors (Lipinski definition) is 4. The SMILES string of the molecule is CC(C)NC(=O)CNC(=O)C1COc2ccccc2O1. The van der Waals surface area contributed by atoms with Gasteiger partial charge in [0.05, 0.1) is 6.54 Å². The van der Waals surface area contributed by atoms with E-state index in [0.717, 1.165) is 0 Å². The van der Waals surface area contributed by atoms with Gasteiger partial charge in [-0.1, -0.05) is 12.1 Å². The number of para-hydroxylation sites is 2. The van der Waals surface area contributed by atoms with Gasteiger partial charge in [-0.05, 0) is 26.0 Å². The molecule has 2 N–H and O–H groups in total. The van der Waals surface area contributed by atoms with Crippen LogP contribution in [0.2, 0.25) is 0 Å². The lowest BCUT2D eigenvalue weighted by molar-refractivity contribution is -0.132. The zero-order valence-corrected chi connectivity index (χ0v) is 11.5. The highest BCUT2D eigenvalue weighted by Crippen LogP contribution is 2.30. The quantitative estimate of drug-likeness (QED) is 0.839. The average molecular weight is 278 g/mol. The molecule has 1 atom stereocenters. The van der Waals surface area contributed by atoms with E-state index in [1.54, 1.807) is 18.2 Å². The Balaban J connectivity index is 1.84. The van der Waals surface area contributed by atoms with Crippen LogP contribution in [0.5, 0.6) is 11.5 Å². The van der Waals surface area contributed by atoms with Crippen LogP contribution in [-0.4, -0.2) is 37.1 Å². The standard InChI is InChI=1S/C14H18N2O4/c1-9(2)16-13(17)7-15-14(18)12-8-19-10-5-3-4-6-11(10)20-12/h3-6,9,12H,7-8H2,1-2H3,(H,15,18)(H,16,17). The van der Waals surface area contributed by atoms with E-state index in [4.69, 9.17) is 9.47 Å². The molecule has 2 rings (SSSR count). The van der Waals surface area contributed by atoms with Gasteiger partial charge in [0.1, 0.15) is 6.61 Å². The summed E-state index contributed by atoms with van der Waals surface area (Å²) in [6.45, 7) is 3.77. The molecule has 0 saturated carbocycles. The normalized spacial score (nSPS) is 16.6. The van der Waals surface area contributed by atoms with Crippen molar-refractivity contribution in [2.75, 3.05) is 13.2 Å². The number of rotatable bonds is 4. The number of nitrogens with one attached hydrogen (secondary N) is 2. The molecule has 1 aromatic carbocycles. The Kier molecular flexibility index (Phi) is 4.45. The fourth-order valence-corrected chi connectivity index (χ4v) is 1.80. The maximum Gasteiger partial charge on any atom is 0.265 e. The van der Waals surface area contributed by atoms with Crippen LogP contribution in [0.1, 0.15) is 13.8 Å². The molecule has 0 aliphatic carbocycles. The smallest absolute Gasteiger partial charge is 0.265 e. The van der Waals surface area contributed by atoms with Crippen LogP contribution in [0.3, 0.4) is 0 Å². The third kappa shape index (κ3) is 3.63. The third-order valence-corrected chi connectivity index (χ3v) is 2.67. The van der Waals surface area contributed by atoms with Crippen LogP contribution in [0, 0.1) is 0 Å². The summed E-state index contributed by atoms with van der Waals surface area (Å²) in [4.78, 5) is 23.3. The lowest BCUT2D eigenvalue weighted by atomic mass is 10.2. The van der Waals surface area contributed by atoms with Gasteiger partial charge in [0.25, 0.3) is 5.91 Å². The first-order chi connectivity index (χ1) is 9.56. The van der Waals surface area contributed by atoms with Gasteiger partial charge >= 0.3 is 0 Å². The molecule has 2 amide bonds. The Hall–Kier alpha value is -2.24. The first kappa shape index (κ1) is 14.2. The van der Waals surface area contributed by atoms with Crippen LogP contribution in [-0.2, 0) is 9.59 Å². The maximum atomic E-state index is 11.9. The number of carbonyl (C=O) groups excluding carboxylic acids is 2. The Morgan fingerprint density at radius 3 is 2.70 bits per heavy atom. The molecule has 0 radical (unpaired) electrons. The molecule has 0 saturated heterocycles. The Morgan fingerprint density at radius 1 is 1.30 bits per heavy atom. The number of ether oxygens (including phenoxy) is 2. The second kappa shape index (κ2) is 6.27. The summed E-state index contributed by atoms with van der Waals surface area (Å²) in [7, 11) is 0. The van der Waals surface area contributed by atoms with Gasteiger partial charge in [-0.3, -0.25) is 9.59 Å². The van der Waals surface area contributed by atoms with E-state index in [9.17, 15) is 9.59 Å². The van der Waals surface area contributed by atoms with E-state index in [0.29, 0.717) is 11.5 Å². The highest BCUT2D eigenvalue weighted by Gasteiger charge is 2.27. The van der Waals surface area contributed by atoms with Crippen LogP contribution >= 0.6 is 0 Å². The number of hydrogen-bond donors (Lipinski definition) is 2. The fraction of sp³-hybridized carbons (Fsp3) is 0.429. The summed E-state index contributed by atoms with van der Waals surface area (Å²) in [6, 6.07) is 7.19. The van der Waals surface area contributed by atoms with Gasteiger partial charge < -0.3 is 20.1 Å². The molecule has 1 heterocycles. The molecular weight excluding hydrogens is 260 g/mol. The zero-order chi connectivity index (χ0) is 14.5. The van der Waals surface area contributed by atoms with Crippen molar-refractivity contribution in [1.29, 1.82) is 0 Å². The van der Waals surface area contributed by atoms with E-state index in [-0.39, 0.29) is 31.0 Å².